The summed E-state index contributed by atoms with van der Waals surface area (Å²) >= 11 is 0. The van der Waals surface area contributed by atoms with Crippen LogP contribution in [-0.4, -0.2) is 22.8 Å². The molecule has 1 aromatic carbocycles. The highest BCUT2D eigenvalue weighted by atomic mass is 16.4. The average Bonchev–Trinajstić information content (AvgIpc) is 2.40. The second-order valence-electron chi connectivity index (χ2n) is 4.05. The first-order chi connectivity index (χ1) is 8.73. The topological polar surface area (TPSA) is 65.2 Å². The second kappa shape index (κ2) is 6.79. The molecule has 18 heavy (non-hydrogen) atoms. The van der Waals surface area contributed by atoms with Crippen LogP contribution in [0.5, 0.6) is 0 Å². The average molecular weight is 248 g/mol. The summed E-state index contributed by atoms with van der Waals surface area (Å²) in [6.45, 7) is 6.18. The van der Waals surface area contributed by atoms with Gasteiger partial charge in [0.25, 0.3) is 0 Å². The largest absolute Gasteiger partial charge is 0.411 e. The molecule has 1 aromatic rings. The minimum Gasteiger partial charge on any atom is -0.411 e. The lowest BCUT2D eigenvalue weighted by Gasteiger charge is -2.16. The van der Waals surface area contributed by atoms with Gasteiger partial charge in [-0.05, 0) is 36.0 Å². The van der Waals surface area contributed by atoms with Crippen molar-refractivity contribution in [2.24, 2.45) is 10.3 Å². The molecule has 0 heterocycles. The predicted octanol–water partition coefficient (Wildman–Crippen LogP) is 2.99. The van der Waals surface area contributed by atoms with E-state index in [0.717, 1.165) is 47.1 Å². The second-order valence-corrected chi connectivity index (χ2v) is 4.05. The van der Waals surface area contributed by atoms with Gasteiger partial charge in [0.2, 0.25) is 0 Å². The molecule has 4 nitrogen and oxygen atoms in total. The van der Waals surface area contributed by atoms with Gasteiger partial charge in [0.1, 0.15) is 0 Å². The van der Waals surface area contributed by atoms with Gasteiger partial charge in [-0.25, -0.2) is 0 Å². The van der Waals surface area contributed by atoms with Gasteiger partial charge in [-0.3, -0.25) is 0 Å². The third-order valence-corrected chi connectivity index (χ3v) is 3.18. The molecule has 0 saturated carbocycles. The molecule has 0 bridgehead atoms. The molecule has 0 aromatic heterocycles. The van der Waals surface area contributed by atoms with Crippen molar-refractivity contribution >= 4 is 12.4 Å². The standard InChI is InChI=1S/C14H20N2O2/c1-4-10-7-11(5-2)14(9-16-18)12(6-3)13(10)8-15-17/h7-9,17-18H,4-6H2,1-3H3/b15-8+,16-9+. The van der Waals surface area contributed by atoms with Crippen molar-refractivity contribution in [1.29, 1.82) is 0 Å². The molecular formula is C14H20N2O2. The van der Waals surface area contributed by atoms with Crippen LogP contribution in [0.4, 0.5) is 0 Å². The zero-order valence-electron chi connectivity index (χ0n) is 11.1. The monoisotopic (exact) mass is 248 g/mol. The van der Waals surface area contributed by atoms with Crippen molar-refractivity contribution in [3.63, 3.8) is 0 Å². The van der Waals surface area contributed by atoms with Crippen LogP contribution in [0.1, 0.15) is 48.6 Å². The Kier molecular flexibility index (Phi) is 5.36. The molecular weight excluding hydrogens is 228 g/mol. The van der Waals surface area contributed by atoms with Gasteiger partial charge in [-0.2, -0.15) is 0 Å². The van der Waals surface area contributed by atoms with Crippen LogP contribution < -0.4 is 0 Å². The Balaban J connectivity index is 3.63. The number of oxime groups is 2. The van der Waals surface area contributed by atoms with Crippen molar-refractivity contribution in [2.45, 2.75) is 40.0 Å². The van der Waals surface area contributed by atoms with Crippen molar-refractivity contribution in [3.8, 4) is 0 Å². The molecule has 4 heteroatoms. The van der Waals surface area contributed by atoms with Gasteiger partial charge in [-0.15, -0.1) is 0 Å². The lowest BCUT2D eigenvalue weighted by atomic mass is 9.89. The third kappa shape index (κ3) is 2.70. The molecule has 98 valence electrons. The Hall–Kier alpha value is -1.84. The normalized spacial score (nSPS) is 11.7. The zero-order chi connectivity index (χ0) is 13.5. The van der Waals surface area contributed by atoms with E-state index >= 15 is 0 Å². The van der Waals surface area contributed by atoms with Crippen LogP contribution in [0, 0.1) is 0 Å². The van der Waals surface area contributed by atoms with E-state index in [1.165, 1.54) is 12.4 Å². The molecule has 0 spiro atoms. The quantitative estimate of drug-likeness (QED) is 0.478. The van der Waals surface area contributed by atoms with Gasteiger partial charge in [0.15, 0.2) is 0 Å². The van der Waals surface area contributed by atoms with Crippen LogP contribution in [0.2, 0.25) is 0 Å². The van der Waals surface area contributed by atoms with E-state index in [0.29, 0.717) is 0 Å². The van der Waals surface area contributed by atoms with E-state index < -0.39 is 0 Å². The Morgan fingerprint density at radius 3 is 1.61 bits per heavy atom. The summed E-state index contributed by atoms with van der Waals surface area (Å²) in [4.78, 5) is 0. The van der Waals surface area contributed by atoms with E-state index in [1.54, 1.807) is 0 Å². The van der Waals surface area contributed by atoms with Crippen LogP contribution in [-0.2, 0) is 19.3 Å². The molecule has 2 N–H and O–H groups in total. The molecule has 0 fully saturated rings. The first-order valence-corrected chi connectivity index (χ1v) is 6.25. The van der Waals surface area contributed by atoms with Crippen molar-refractivity contribution in [2.75, 3.05) is 0 Å². The summed E-state index contributed by atoms with van der Waals surface area (Å²) in [5, 5.41) is 23.9. The fraction of sp³-hybridized carbons (Fsp3) is 0.429. The minimum atomic E-state index is 0.795. The summed E-state index contributed by atoms with van der Waals surface area (Å²) in [5.41, 5.74) is 5.21. The lowest BCUT2D eigenvalue weighted by Crippen LogP contribution is -2.07. The van der Waals surface area contributed by atoms with E-state index in [1.807, 2.05) is 6.92 Å². The van der Waals surface area contributed by atoms with Crippen molar-refractivity contribution in [1.82, 2.24) is 0 Å². The van der Waals surface area contributed by atoms with E-state index in [9.17, 15) is 0 Å². The van der Waals surface area contributed by atoms with Gasteiger partial charge in [0, 0.05) is 11.1 Å². The minimum absolute atomic E-state index is 0.795. The maximum absolute atomic E-state index is 8.79. The number of benzene rings is 1. The van der Waals surface area contributed by atoms with Crippen LogP contribution in [0.25, 0.3) is 0 Å². The van der Waals surface area contributed by atoms with Crippen LogP contribution in [0.3, 0.4) is 0 Å². The van der Waals surface area contributed by atoms with Crippen molar-refractivity contribution < 1.29 is 10.4 Å². The van der Waals surface area contributed by atoms with Gasteiger partial charge < -0.3 is 10.4 Å². The Morgan fingerprint density at radius 1 is 0.889 bits per heavy atom. The number of hydrogen-bond donors (Lipinski definition) is 2. The first kappa shape index (κ1) is 14.2. The molecule has 0 amide bonds. The molecule has 0 aliphatic rings. The predicted molar refractivity (Wildman–Crippen MR) is 73.3 cm³/mol. The molecule has 0 aliphatic heterocycles. The van der Waals surface area contributed by atoms with E-state index in [2.05, 4.69) is 30.2 Å². The van der Waals surface area contributed by atoms with Crippen LogP contribution in [0.15, 0.2) is 16.4 Å². The highest BCUT2D eigenvalue weighted by Gasteiger charge is 2.13. The molecule has 0 atom stereocenters. The molecule has 0 saturated heterocycles. The molecule has 0 unspecified atom stereocenters. The number of rotatable bonds is 5. The molecule has 0 aliphatic carbocycles. The van der Waals surface area contributed by atoms with Crippen molar-refractivity contribution in [3.05, 3.63) is 33.9 Å². The highest BCUT2D eigenvalue weighted by Crippen LogP contribution is 2.23. The summed E-state index contributed by atoms with van der Waals surface area (Å²) in [5.74, 6) is 0. The zero-order valence-corrected chi connectivity index (χ0v) is 11.1. The summed E-state index contributed by atoms with van der Waals surface area (Å²) < 4.78 is 0. The molecule has 0 radical (unpaired) electrons. The number of hydrogen-bond acceptors (Lipinski definition) is 4. The number of nitrogens with zero attached hydrogens (tertiary/aromatic N) is 2. The maximum atomic E-state index is 8.79. The Bertz CT molecular complexity index is 427. The van der Waals surface area contributed by atoms with Gasteiger partial charge >= 0.3 is 0 Å². The fourth-order valence-electron chi connectivity index (χ4n) is 2.30. The van der Waals surface area contributed by atoms with E-state index in [4.69, 9.17) is 10.4 Å². The highest BCUT2D eigenvalue weighted by molar-refractivity contribution is 5.92. The van der Waals surface area contributed by atoms with Gasteiger partial charge in [0.05, 0.1) is 12.4 Å². The first-order valence-electron chi connectivity index (χ1n) is 6.25. The number of aryl methyl sites for hydroxylation is 2. The fourth-order valence-corrected chi connectivity index (χ4v) is 2.30. The lowest BCUT2D eigenvalue weighted by molar-refractivity contribution is 0.321. The maximum Gasteiger partial charge on any atom is 0.0739 e. The Morgan fingerprint density at radius 2 is 1.33 bits per heavy atom. The summed E-state index contributed by atoms with van der Waals surface area (Å²) in [6, 6.07) is 2.09. The van der Waals surface area contributed by atoms with Crippen LogP contribution >= 0.6 is 0 Å². The summed E-state index contributed by atoms with van der Waals surface area (Å²) in [6.07, 6.45) is 5.47. The van der Waals surface area contributed by atoms with Gasteiger partial charge in [-0.1, -0.05) is 37.1 Å². The van der Waals surface area contributed by atoms with E-state index in [-0.39, 0.29) is 0 Å². The third-order valence-electron chi connectivity index (χ3n) is 3.18. The Labute approximate surface area is 108 Å². The molecule has 1 rings (SSSR count). The summed E-state index contributed by atoms with van der Waals surface area (Å²) in [7, 11) is 0. The smallest absolute Gasteiger partial charge is 0.0739 e. The SMILES string of the molecule is CCc1cc(CC)c(/C=N/O)c(CC)c1/C=N/O.